The molecule has 0 aliphatic carbocycles. The second-order valence-electron chi connectivity index (χ2n) is 9.55. The summed E-state index contributed by atoms with van der Waals surface area (Å²) in [6.07, 6.45) is 4.03. The van der Waals surface area contributed by atoms with E-state index < -0.39 is 15.7 Å². The third-order valence-corrected chi connectivity index (χ3v) is 9.47. The number of carbonyl (C=O) groups excluding carboxylic acids is 2. The maximum Gasteiger partial charge on any atom is 0.257 e. The monoisotopic (exact) mass is 624 g/mol. The lowest BCUT2D eigenvalue weighted by Crippen LogP contribution is -2.35. The highest BCUT2D eigenvalue weighted by Gasteiger charge is 2.28. The minimum Gasteiger partial charge on any atom is -0.324 e. The van der Waals surface area contributed by atoms with Crippen molar-refractivity contribution in [2.24, 2.45) is 0 Å². The Labute approximate surface area is 252 Å². The number of aromatic nitrogens is 2. The summed E-state index contributed by atoms with van der Waals surface area (Å²) < 4.78 is 25.8. The smallest absolute Gasteiger partial charge is 0.257 e. The van der Waals surface area contributed by atoms with Crippen molar-refractivity contribution in [1.29, 1.82) is 0 Å². The van der Waals surface area contributed by atoms with Gasteiger partial charge in [0.15, 0.2) is 9.84 Å². The first kappa shape index (κ1) is 29.5. The van der Waals surface area contributed by atoms with Crippen LogP contribution in [-0.4, -0.2) is 48.5 Å². The number of amides is 2. The Morgan fingerprint density at radius 1 is 0.810 bits per heavy atom. The van der Waals surface area contributed by atoms with Crippen LogP contribution in [0.1, 0.15) is 33.6 Å². The van der Waals surface area contributed by atoms with E-state index in [0.29, 0.717) is 53.6 Å². The molecule has 0 unspecified atom stereocenters. The van der Waals surface area contributed by atoms with Crippen molar-refractivity contribution >= 4 is 67.9 Å². The van der Waals surface area contributed by atoms with Gasteiger partial charge in [-0.1, -0.05) is 29.3 Å². The van der Waals surface area contributed by atoms with Crippen LogP contribution in [0.25, 0.3) is 0 Å². The molecule has 10 nitrogen and oxygen atoms in total. The fourth-order valence-electron chi connectivity index (χ4n) is 4.42. The molecule has 1 aliphatic heterocycles. The van der Waals surface area contributed by atoms with Crippen molar-refractivity contribution in [2.75, 3.05) is 29.0 Å². The molecule has 4 N–H and O–H groups in total. The first-order valence-corrected chi connectivity index (χ1v) is 15.3. The molecule has 1 saturated heterocycles. The number of sulfone groups is 1. The zero-order valence-electron chi connectivity index (χ0n) is 22.1. The van der Waals surface area contributed by atoms with Crippen molar-refractivity contribution in [3.63, 3.8) is 0 Å². The summed E-state index contributed by atoms with van der Waals surface area (Å²) in [5, 5.41) is 11.9. The predicted octanol–water partition coefficient (Wildman–Crippen LogP) is 5.56. The number of piperidine rings is 1. The lowest BCUT2D eigenvalue weighted by atomic mass is 10.1. The molecule has 4 aromatic rings. The Balaban J connectivity index is 1.20. The van der Waals surface area contributed by atoms with E-state index in [1.165, 1.54) is 30.6 Å². The summed E-state index contributed by atoms with van der Waals surface area (Å²) >= 11 is 12.2. The number of benzene rings is 3. The molecule has 5 rings (SSSR count). The maximum atomic E-state index is 12.9. The van der Waals surface area contributed by atoms with Gasteiger partial charge in [-0.05, 0) is 86.6 Å². The Bertz CT molecular complexity index is 1710. The molecule has 1 aromatic heterocycles. The molecule has 3 aromatic carbocycles. The first-order chi connectivity index (χ1) is 20.2. The van der Waals surface area contributed by atoms with Crippen LogP contribution in [0.5, 0.6) is 0 Å². The number of nitrogens with zero attached hydrogens (tertiary/aromatic N) is 2. The number of hydrogen-bond donors (Lipinski definition) is 4. The highest BCUT2D eigenvalue weighted by Crippen LogP contribution is 2.25. The number of halogens is 2. The van der Waals surface area contributed by atoms with Crippen LogP contribution in [0.15, 0.2) is 84.0 Å². The average molecular weight is 626 g/mol. The van der Waals surface area contributed by atoms with Gasteiger partial charge in [-0.15, -0.1) is 0 Å². The van der Waals surface area contributed by atoms with Gasteiger partial charge in [0.2, 0.25) is 5.95 Å². The van der Waals surface area contributed by atoms with Gasteiger partial charge in [-0.2, -0.15) is 0 Å². The Morgan fingerprint density at radius 2 is 1.48 bits per heavy atom. The van der Waals surface area contributed by atoms with Crippen molar-refractivity contribution in [1.82, 2.24) is 15.3 Å². The zero-order valence-corrected chi connectivity index (χ0v) is 24.4. The normalized spacial score (nSPS) is 13.8. The van der Waals surface area contributed by atoms with E-state index in [9.17, 15) is 18.0 Å². The topological polar surface area (TPSA) is 142 Å². The molecule has 0 saturated carbocycles. The molecule has 0 atom stereocenters. The Morgan fingerprint density at radius 3 is 2.17 bits per heavy atom. The number of hydrogen-bond acceptors (Lipinski definition) is 8. The molecular weight excluding hydrogens is 599 g/mol. The van der Waals surface area contributed by atoms with E-state index in [0.717, 1.165) is 0 Å². The predicted molar refractivity (Wildman–Crippen MR) is 164 cm³/mol. The molecule has 2 heterocycles. The van der Waals surface area contributed by atoms with Crippen LogP contribution in [0.3, 0.4) is 0 Å². The van der Waals surface area contributed by atoms with Gasteiger partial charge in [-0.25, -0.2) is 18.4 Å². The lowest BCUT2D eigenvalue weighted by molar-refractivity contribution is 0.101. The van der Waals surface area contributed by atoms with Gasteiger partial charge < -0.3 is 21.3 Å². The van der Waals surface area contributed by atoms with Crippen LogP contribution < -0.4 is 21.3 Å². The zero-order chi connectivity index (χ0) is 29.7. The molecule has 42 heavy (non-hydrogen) atoms. The van der Waals surface area contributed by atoms with Crippen molar-refractivity contribution in [3.05, 3.63) is 100 Å². The molecule has 1 fully saturated rings. The summed E-state index contributed by atoms with van der Waals surface area (Å²) in [5.41, 5.74) is 1.81. The van der Waals surface area contributed by atoms with E-state index in [1.807, 2.05) is 0 Å². The van der Waals surface area contributed by atoms with E-state index >= 15 is 0 Å². The first-order valence-electron chi connectivity index (χ1n) is 13.0. The molecule has 13 heteroatoms. The minimum absolute atomic E-state index is 0.141. The molecule has 216 valence electrons. The Kier molecular flexibility index (Phi) is 9.03. The van der Waals surface area contributed by atoms with Crippen molar-refractivity contribution in [2.45, 2.75) is 23.0 Å². The molecular formula is C29H26Cl2N6O4S. The van der Waals surface area contributed by atoms with E-state index in [-0.39, 0.29) is 32.6 Å². The third kappa shape index (κ3) is 7.05. The average Bonchev–Trinajstić information content (AvgIpc) is 3.00. The largest absolute Gasteiger partial charge is 0.324 e. The summed E-state index contributed by atoms with van der Waals surface area (Å²) in [7, 11) is -3.39. The number of rotatable bonds is 8. The van der Waals surface area contributed by atoms with Gasteiger partial charge >= 0.3 is 0 Å². The van der Waals surface area contributed by atoms with Crippen LogP contribution in [-0.2, 0) is 9.84 Å². The van der Waals surface area contributed by atoms with Gasteiger partial charge in [-0.3, -0.25) is 9.59 Å². The van der Waals surface area contributed by atoms with E-state index in [1.54, 1.807) is 48.5 Å². The van der Waals surface area contributed by atoms with Crippen LogP contribution in [0, 0.1) is 0 Å². The highest BCUT2D eigenvalue weighted by molar-refractivity contribution is 7.92. The fraction of sp³-hybridized carbons (Fsp3) is 0.172. The van der Waals surface area contributed by atoms with Crippen LogP contribution in [0.2, 0.25) is 10.0 Å². The molecule has 0 spiro atoms. The van der Waals surface area contributed by atoms with Gasteiger partial charge in [0.25, 0.3) is 11.8 Å². The third-order valence-electron chi connectivity index (χ3n) is 6.63. The fourth-order valence-corrected chi connectivity index (χ4v) is 6.57. The number of nitrogens with one attached hydrogen (secondary N) is 4. The van der Waals surface area contributed by atoms with E-state index in [4.69, 9.17) is 23.2 Å². The second-order valence-corrected chi connectivity index (χ2v) is 12.6. The van der Waals surface area contributed by atoms with Crippen LogP contribution in [0.4, 0.5) is 23.0 Å². The summed E-state index contributed by atoms with van der Waals surface area (Å²) in [5.74, 6) is -0.653. The van der Waals surface area contributed by atoms with Gasteiger partial charge in [0.1, 0.15) is 0 Å². The molecule has 0 radical (unpaired) electrons. The standard InChI is InChI=1S/C29H26Cl2N6O4S/c30-19-3-1-2-18(14-19)27(38)35-21-6-9-26(31)25(15-21)28(39)36-22-16-33-29(34-17-22)37-20-4-7-23(8-5-20)42(40,41)24-10-12-32-13-11-24/h1-9,14-17,24,32H,10-13H2,(H,35,38)(H,36,39)(H,33,34,37). The molecule has 1 aliphatic rings. The number of anilines is 4. The maximum absolute atomic E-state index is 12.9. The Hall–Kier alpha value is -4.03. The lowest BCUT2D eigenvalue weighted by Gasteiger charge is -2.22. The van der Waals surface area contributed by atoms with Gasteiger partial charge in [0, 0.05) is 22.0 Å². The SMILES string of the molecule is O=C(Nc1ccc(Cl)c(C(=O)Nc2cnc(Nc3ccc(S(=O)(=O)C4CCNCC4)cc3)nc2)c1)c1cccc(Cl)c1. The van der Waals surface area contributed by atoms with Crippen molar-refractivity contribution < 1.29 is 18.0 Å². The quantitative estimate of drug-likeness (QED) is 0.200. The summed E-state index contributed by atoms with van der Waals surface area (Å²) in [4.78, 5) is 34.2. The molecule has 0 bridgehead atoms. The van der Waals surface area contributed by atoms with Crippen LogP contribution >= 0.6 is 23.2 Å². The van der Waals surface area contributed by atoms with Crippen molar-refractivity contribution in [3.8, 4) is 0 Å². The highest BCUT2D eigenvalue weighted by atomic mass is 35.5. The van der Waals surface area contributed by atoms with E-state index in [2.05, 4.69) is 31.2 Å². The summed E-state index contributed by atoms with van der Waals surface area (Å²) in [6, 6.07) is 17.5. The minimum atomic E-state index is -3.39. The number of carbonyl (C=O) groups is 2. The van der Waals surface area contributed by atoms with Gasteiger partial charge in [0.05, 0.1) is 38.8 Å². The molecule has 2 amide bonds. The summed E-state index contributed by atoms with van der Waals surface area (Å²) in [6.45, 7) is 1.39. The second kappa shape index (κ2) is 12.9.